The molecule has 1 amide bonds. The number of hydrogen-bond acceptors (Lipinski definition) is 5. The van der Waals surface area contributed by atoms with Gasteiger partial charge in [0.15, 0.2) is 0 Å². The third kappa shape index (κ3) is 3.45. The van der Waals surface area contributed by atoms with Gasteiger partial charge >= 0.3 is 0 Å². The number of aryl methyl sites for hydroxylation is 1. The van der Waals surface area contributed by atoms with Crippen molar-refractivity contribution in [3.05, 3.63) is 45.9 Å². The number of aliphatic hydroxyl groups is 1. The monoisotopic (exact) mass is 320 g/mol. The minimum Gasteiger partial charge on any atom is -0.497 e. The molecule has 0 aliphatic rings. The van der Waals surface area contributed by atoms with Gasteiger partial charge < -0.3 is 14.7 Å². The van der Waals surface area contributed by atoms with Gasteiger partial charge in [-0.05, 0) is 24.1 Å². The number of amides is 1. The van der Waals surface area contributed by atoms with Gasteiger partial charge in [-0.3, -0.25) is 4.79 Å². The van der Waals surface area contributed by atoms with Gasteiger partial charge in [0.2, 0.25) is 0 Å². The Balaban J connectivity index is 2.19. The van der Waals surface area contributed by atoms with E-state index in [9.17, 15) is 9.90 Å². The van der Waals surface area contributed by atoms with Crippen LogP contribution in [0, 0.1) is 0 Å². The van der Waals surface area contributed by atoms with Gasteiger partial charge in [-0.15, -0.1) is 11.3 Å². The number of hydrogen-bond donors (Lipinski definition) is 1. The number of ether oxygens (including phenoxy) is 1. The summed E-state index contributed by atoms with van der Waals surface area (Å²) in [7, 11) is 3.29. The maximum atomic E-state index is 12.5. The molecule has 118 valence electrons. The molecule has 6 heteroatoms. The Hall–Kier alpha value is -1.92. The molecule has 1 aromatic carbocycles. The van der Waals surface area contributed by atoms with Gasteiger partial charge in [0.1, 0.15) is 10.6 Å². The fraction of sp³-hybridized carbons (Fsp3) is 0.375. The molecule has 1 heterocycles. The van der Waals surface area contributed by atoms with Crippen LogP contribution in [0.2, 0.25) is 0 Å². The van der Waals surface area contributed by atoms with Gasteiger partial charge in [0, 0.05) is 7.05 Å². The van der Waals surface area contributed by atoms with Crippen molar-refractivity contribution in [3.8, 4) is 5.75 Å². The molecule has 5 nitrogen and oxygen atoms in total. The van der Waals surface area contributed by atoms with Crippen LogP contribution in [0.4, 0.5) is 0 Å². The molecule has 0 spiro atoms. The highest BCUT2D eigenvalue weighted by atomic mass is 32.1. The van der Waals surface area contributed by atoms with Crippen molar-refractivity contribution in [3.63, 3.8) is 0 Å². The number of rotatable bonds is 6. The quantitative estimate of drug-likeness (QED) is 0.888. The summed E-state index contributed by atoms with van der Waals surface area (Å²) in [5, 5.41) is 10.6. The summed E-state index contributed by atoms with van der Waals surface area (Å²) < 4.78 is 5.13. The van der Waals surface area contributed by atoms with Gasteiger partial charge in [0.25, 0.3) is 5.91 Å². The first kappa shape index (κ1) is 16.5. The molecule has 0 bridgehead atoms. The number of aromatic nitrogens is 1. The van der Waals surface area contributed by atoms with Crippen LogP contribution in [-0.4, -0.2) is 41.7 Å². The minimum absolute atomic E-state index is 0.132. The van der Waals surface area contributed by atoms with Crippen LogP contribution >= 0.6 is 11.3 Å². The third-order valence-electron chi connectivity index (χ3n) is 3.53. The van der Waals surface area contributed by atoms with Gasteiger partial charge in [0.05, 0.1) is 31.0 Å². The topological polar surface area (TPSA) is 62.7 Å². The molecule has 0 saturated heterocycles. The van der Waals surface area contributed by atoms with E-state index < -0.39 is 6.04 Å². The molecule has 0 radical (unpaired) electrons. The number of benzene rings is 1. The average Bonchev–Trinajstić information content (AvgIpc) is 3.04. The minimum atomic E-state index is -0.398. The smallest absolute Gasteiger partial charge is 0.265 e. The number of carbonyl (C=O) groups is 1. The Kier molecular flexibility index (Phi) is 5.51. The second-order valence-corrected chi connectivity index (χ2v) is 5.97. The van der Waals surface area contributed by atoms with E-state index >= 15 is 0 Å². The van der Waals surface area contributed by atoms with Crippen LogP contribution < -0.4 is 4.74 Å². The zero-order valence-electron chi connectivity index (χ0n) is 12.9. The lowest BCUT2D eigenvalue weighted by Crippen LogP contribution is -2.32. The predicted octanol–water partition coefficient (Wildman–Crippen LogP) is 2.52. The van der Waals surface area contributed by atoms with E-state index in [1.165, 1.54) is 11.3 Å². The van der Waals surface area contributed by atoms with E-state index in [4.69, 9.17) is 4.74 Å². The summed E-state index contributed by atoms with van der Waals surface area (Å²) in [5.41, 5.74) is 0.861. The fourth-order valence-corrected chi connectivity index (χ4v) is 3.01. The summed E-state index contributed by atoms with van der Waals surface area (Å²) in [6.07, 6.45) is 2.41. The molecular weight excluding hydrogens is 300 g/mol. The van der Waals surface area contributed by atoms with Crippen molar-refractivity contribution < 1.29 is 14.6 Å². The molecule has 0 fully saturated rings. The SMILES string of the molecule is CCc1ncc(C(=O)N(C)C(CO)c2ccc(OC)cc2)s1. The molecule has 1 unspecified atom stereocenters. The number of aliphatic hydroxyl groups excluding tert-OH is 1. The van der Waals surface area contributed by atoms with Crippen LogP contribution in [0.25, 0.3) is 0 Å². The first-order valence-corrected chi connectivity index (χ1v) is 7.89. The Labute approximate surface area is 134 Å². The highest BCUT2D eigenvalue weighted by Crippen LogP contribution is 2.25. The van der Waals surface area contributed by atoms with Crippen molar-refractivity contribution in [1.82, 2.24) is 9.88 Å². The average molecular weight is 320 g/mol. The van der Waals surface area contributed by atoms with Crippen molar-refractivity contribution in [2.75, 3.05) is 20.8 Å². The predicted molar refractivity (Wildman–Crippen MR) is 86.4 cm³/mol. The zero-order valence-corrected chi connectivity index (χ0v) is 13.8. The lowest BCUT2D eigenvalue weighted by molar-refractivity contribution is 0.0663. The largest absolute Gasteiger partial charge is 0.497 e. The van der Waals surface area contributed by atoms with Crippen molar-refractivity contribution in [2.24, 2.45) is 0 Å². The Bertz CT molecular complexity index is 625. The highest BCUT2D eigenvalue weighted by molar-refractivity contribution is 7.13. The Morgan fingerprint density at radius 2 is 2.09 bits per heavy atom. The summed E-state index contributed by atoms with van der Waals surface area (Å²) in [6, 6.07) is 6.95. The van der Waals surface area contributed by atoms with Crippen LogP contribution in [0.15, 0.2) is 30.5 Å². The summed E-state index contributed by atoms with van der Waals surface area (Å²) in [6.45, 7) is 1.86. The van der Waals surface area contributed by atoms with Crippen LogP contribution in [0.5, 0.6) is 5.75 Å². The normalized spacial score (nSPS) is 12.0. The second-order valence-electron chi connectivity index (χ2n) is 4.86. The van der Waals surface area contributed by atoms with Gasteiger partial charge in [-0.2, -0.15) is 0 Å². The Morgan fingerprint density at radius 1 is 1.41 bits per heavy atom. The first-order valence-electron chi connectivity index (χ1n) is 7.07. The van der Waals surface area contributed by atoms with Crippen LogP contribution in [0.3, 0.4) is 0 Å². The van der Waals surface area contributed by atoms with Gasteiger partial charge in [-0.1, -0.05) is 19.1 Å². The third-order valence-corrected chi connectivity index (χ3v) is 4.66. The van der Waals surface area contributed by atoms with Gasteiger partial charge in [-0.25, -0.2) is 4.98 Å². The van der Waals surface area contributed by atoms with E-state index in [1.54, 1.807) is 25.3 Å². The summed E-state index contributed by atoms with van der Waals surface area (Å²) >= 11 is 1.39. The van der Waals surface area contributed by atoms with Crippen molar-refractivity contribution in [1.29, 1.82) is 0 Å². The van der Waals surface area contributed by atoms with E-state index in [-0.39, 0.29) is 12.5 Å². The summed E-state index contributed by atoms with van der Waals surface area (Å²) in [4.78, 5) is 18.9. The number of likely N-dealkylation sites (N-methyl/N-ethyl adjacent to an activating group) is 1. The zero-order chi connectivity index (χ0) is 16.1. The van der Waals surface area contributed by atoms with E-state index in [2.05, 4.69) is 4.98 Å². The molecule has 0 aliphatic carbocycles. The lowest BCUT2D eigenvalue weighted by Gasteiger charge is -2.26. The summed E-state index contributed by atoms with van der Waals surface area (Å²) in [5.74, 6) is 0.608. The van der Waals surface area contributed by atoms with E-state index in [0.717, 1.165) is 22.7 Å². The maximum absolute atomic E-state index is 12.5. The Morgan fingerprint density at radius 3 is 2.59 bits per heavy atom. The molecule has 1 aromatic heterocycles. The molecular formula is C16H20N2O3S. The lowest BCUT2D eigenvalue weighted by atomic mass is 10.1. The highest BCUT2D eigenvalue weighted by Gasteiger charge is 2.23. The molecule has 1 N–H and O–H groups in total. The molecule has 1 atom stereocenters. The molecule has 2 rings (SSSR count). The van der Waals surface area contributed by atoms with Crippen LogP contribution in [-0.2, 0) is 6.42 Å². The van der Waals surface area contributed by atoms with E-state index in [1.807, 2.05) is 31.2 Å². The maximum Gasteiger partial charge on any atom is 0.265 e. The van der Waals surface area contributed by atoms with Crippen molar-refractivity contribution >= 4 is 17.2 Å². The van der Waals surface area contributed by atoms with Crippen LogP contribution in [0.1, 0.15) is 33.2 Å². The molecule has 0 aliphatic heterocycles. The number of carbonyl (C=O) groups excluding carboxylic acids is 1. The fourth-order valence-electron chi connectivity index (χ4n) is 2.17. The molecule has 2 aromatic rings. The number of methoxy groups -OCH3 is 1. The molecule has 22 heavy (non-hydrogen) atoms. The van der Waals surface area contributed by atoms with E-state index in [0.29, 0.717) is 4.88 Å². The number of nitrogens with zero attached hydrogens (tertiary/aromatic N) is 2. The number of thiazole rings is 1. The standard InChI is InChI=1S/C16H20N2O3S/c1-4-15-17-9-14(22-15)16(20)18(2)13(10-19)11-5-7-12(21-3)8-6-11/h5-9,13,19H,4,10H2,1-3H3. The molecule has 0 saturated carbocycles. The first-order chi connectivity index (χ1) is 10.6. The van der Waals surface area contributed by atoms with Crippen molar-refractivity contribution in [2.45, 2.75) is 19.4 Å². The second kappa shape index (κ2) is 7.38.